The van der Waals surface area contributed by atoms with Crippen LogP contribution in [0.2, 0.25) is 0 Å². The molecule has 0 bridgehead atoms. The zero-order valence-corrected chi connectivity index (χ0v) is 14.8. The number of fused-ring (bicyclic) bond motifs is 5. The van der Waals surface area contributed by atoms with Gasteiger partial charge in [-0.15, -0.1) is 0 Å². The largest absolute Gasteiger partial charge is 0.277 e. The van der Waals surface area contributed by atoms with Crippen LogP contribution >= 0.6 is 0 Å². The van der Waals surface area contributed by atoms with Crippen LogP contribution in [-0.4, -0.2) is 12.1 Å². The van der Waals surface area contributed by atoms with Crippen LogP contribution in [0.1, 0.15) is 78.1 Å². The van der Waals surface area contributed by atoms with Crippen molar-refractivity contribution in [3.05, 3.63) is 0 Å². The minimum Gasteiger partial charge on any atom is -0.277 e. The topological polar surface area (TPSA) is 41.5 Å². The zero-order chi connectivity index (χ0) is 16.1. The molecule has 3 heteroatoms. The maximum atomic E-state index is 10.6. The smallest absolute Gasteiger partial charge is 0.227 e. The monoisotopic (exact) mass is 316 g/mol. The van der Waals surface area contributed by atoms with Gasteiger partial charge in [0.2, 0.25) is 6.41 Å². The van der Waals surface area contributed by atoms with Gasteiger partial charge in [-0.2, -0.15) is 5.10 Å². The molecule has 4 saturated carbocycles. The number of nitrogens with zero attached hydrogens (tertiary/aromatic N) is 1. The van der Waals surface area contributed by atoms with Crippen LogP contribution in [-0.2, 0) is 4.79 Å². The Morgan fingerprint density at radius 3 is 2.74 bits per heavy atom. The van der Waals surface area contributed by atoms with Gasteiger partial charge in [0.1, 0.15) is 0 Å². The number of rotatable bonds is 2. The molecule has 0 unspecified atom stereocenters. The number of carbonyl (C=O) groups is 1. The number of nitrogens with one attached hydrogen (secondary N) is 1. The molecule has 4 aliphatic carbocycles. The third-order valence-electron chi connectivity index (χ3n) is 8.58. The molecule has 1 amide bonds. The van der Waals surface area contributed by atoms with Crippen LogP contribution in [0.4, 0.5) is 0 Å². The van der Waals surface area contributed by atoms with E-state index in [1.807, 2.05) is 0 Å². The van der Waals surface area contributed by atoms with E-state index in [9.17, 15) is 4.79 Å². The molecule has 23 heavy (non-hydrogen) atoms. The van der Waals surface area contributed by atoms with Crippen molar-refractivity contribution in [2.24, 2.45) is 39.6 Å². The van der Waals surface area contributed by atoms with Crippen LogP contribution in [0, 0.1) is 34.5 Å². The van der Waals surface area contributed by atoms with E-state index in [4.69, 9.17) is 0 Å². The summed E-state index contributed by atoms with van der Waals surface area (Å²) in [6.45, 7) is 5.07. The Morgan fingerprint density at radius 2 is 1.91 bits per heavy atom. The molecule has 4 rings (SSSR count). The number of carbonyl (C=O) groups excluding carboxylic acids is 1. The summed E-state index contributed by atoms with van der Waals surface area (Å²) in [7, 11) is 0. The average molecular weight is 316 g/mol. The lowest BCUT2D eigenvalue weighted by molar-refractivity contribution is -0.109. The van der Waals surface area contributed by atoms with Gasteiger partial charge in [0, 0.05) is 11.1 Å². The molecule has 0 heterocycles. The first-order valence-corrected chi connectivity index (χ1v) is 9.86. The summed E-state index contributed by atoms with van der Waals surface area (Å²) in [5.41, 5.74) is 4.71. The number of amides is 1. The molecule has 0 aliphatic heterocycles. The van der Waals surface area contributed by atoms with E-state index < -0.39 is 0 Å². The molecule has 6 atom stereocenters. The number of hydrazone groups is 1. The molecule has 0 aromatic rings. The van der Waals surface area contributed by atoms with Crippen LogP contribution < -0.4 is 5.43 Å². The first-order chi connectivity index (χ1) is 11.1. The van der Waals surface area contributed by atoms with Gasteiger partial charge in [-0.05, 0) is 80.5 Å². The van der Waals surface area contributed by atoms with Crippen molar-refractivity contribution in [1.29, 1.82) is 0 Å². The average Bonchev–Trinajstić information content (AvgIpc) is 2.89. The van der Waals surface area contributed by atoms with Crippen molar-refractivity contribution in [3.63, 3.8) is 0 Å². The molecule has 0 spiro atoms. The van der Waals surface area contributed by atoms with Crippen LogP contribution in [0.25, 0.3) is 0 Å². The third kappa shape index (κ3) is 2.21. The summed E-state index contributed by atoms with van der Waals surface area (Å²) in [5, 5.41) is 4.43. The standard InChI is InChI=1S/C20H32N2O/c1-19-11-4-3-5-14(19)6-7-15-16-8-9-18(22-21-13-23)20(16,2)12-10-17(15)19/h13-17H,3-12H2,1-2H3,(H,21,23)/b22-18-/t14-,15+,16+,17+,19+,20+/m1/s1. The van der Waals surface area contributed by atoms with Gasteiger partial charge in [0.25, 0.3) is 0 Å². The molecular formula is C20H32N2O. The minimum atomic E-state index is 0.245. The van der Waals surface area contributed by atoms with Crippen LogP contribution in [0.15, 0.2) is 5.10 Å². The summed E-state index contributed by atoms with van der Waals surface area (Å²) in [5.74, 6) is 3.64. The van der Waals surface area contributed by atoms with Gasteiger partial charge < -0.3 is 0 Å². The molecule has 0 radical (unpaired) electrons. The highest BCUT2D eigenvalue weighted by Crippen LogP contribution is 2.65. The predicted molar refractivity (Wildman–Crippen MR) is 93.0 cm³/mol. The van der Waals surface area contributed by atoms with E-state index in [0.29, 0.717) is 11.8 Å². The minimum absolute atomic E-state index is 0.245. The van der Waals surface area contributed by atoms with E-state index >= 15 is 0 Å². The molecule has 128 valence electrons. The Hall–Kier alpha value is -0.860. The van der Waals surface area contributed by atoms with Gasteiger partial charge in [-0.3, -0.25) is 4.79 Å². The predicted octanol–water partition coefficient (Wildman–Crippen LogP) is 4.52. The normalized spacial score (nSPS) is 50.8. The van der Waals surface area contributed by atoms with E-state index in [-0.39, 0.29) is 5.41 Å². The van der Waals surface area contributed by atoms with Gasteiger partial charge in [0.15, 0.2) is 0 Å². The summed E-state index contributed by atoms with van der Waals surface area (Å²) < 4.78 is 0. The second kappa shape index (κ2) is 5.60. The number of hydrogen-bond acceptors (Lipinski definition) is 2. The van der Waals surface area contributed by atoms with Crippen LogP contribution in [0.5, 0.6) is 0 Å². The Balaban J connectivity index is 1.61. The van der Waals surface area contributed by atoms with Crippen LogP contribution in [0.3, 0.4) is 0 Å². The van der Waals surface area contributed by atoms with Gasteiger partial charge >= 0.3 is 0 Å². The zero-order valence-electron chi connectivity index (χ0n) is 14.8. The van der Waals surface area contributed by atoms with Crippen molar-refractivity contribution >= 4 is 12.1 Å². The molecular weight excluding hydrogens is 284 g/mol. The Morgan fingerprint density at radius 1 is 1.04 bits per heavy atom. The quantitative estimate of drug-likeness (QED) is 0.590. The lowest BCUT2D eigenvalue weighted by Crippen LogP contribution is -2.52. The highest BCUT2D eigenvalue weighted by atomic mass is 16.1. The maximum absolute atomic E-state index is 10.6. The summed E-state index contributed by atoms with van der Waals surface area (Å²) in [4.78, 5) is 10.6. The fourth-order valence-electron chi connectivity index (χ4n) is 7.37. The van der Waals surface area contributed by atoms with Crippen molar-refractivity contribution in [2.75, 3.05) is 0 Å². The Labute approximate surface area is 140 Å². The second-order valence-corrected chi connectivity index (χ2v) is 9.20. The fraction of sp³-hybridized carbons (Fsp3) is 0.900. The second-order valence-electron chi connectivity index (χ2n) is 9.20. The fourth-order valence-corrected chi connectivity index (χ4v) is 7.37. The lowest BCUT2D eigenvalue weighted by Gasteiger charge is -2.59. The summed E-state index contributed by atoms with van der Waals surface area (Å²) in [6.07, 6.45) is 14.5. The van der Waals surface area contributed by atoms with Crippen molar-refractivity contribution < 1.29 is 4.79 Å². The highest BCUT2D eigenvalue weighted by Gasteiger charge is 2.58. The maximum Gasteiger partial charge on any atom is 0.227 e. The SMILES string of the molecule is C[C@]12CCCC[C@@H]1CC[C@@H]1[C@@H]2CC[C@]2(C)/C(=N\NC=O)CC[C@@H]12. The Bertz CT molecular complexity index is 516. The molecule has 1 N–H and O–H groups in total. The molecule has 4 aliphatic rings. The van der Waals surface area contributed by atoms with Crippen molar-refractivity contribution in [3.8, 4) is 0 Å². The van der Waals surface area contributed by atoms with E-state index in [0.717, 1.165) is 30.1 Å². The first kappa shape index (κ1) is 15.7. The van der Waals surface area contributed by atoms with E-state index in [1.165, 1.54) is 63.5 Å². The number of hydrogen-bond donors (Lipinski definition) is 1. The van der Waals surface area contributed by atoms with Gasteiger partial charge in [0.05, 0.1) is 0 Å². The van der Waals surface area contributed by atoms with Gasteiger partial charge in [-0.25, -0.2) is 5.43 Å². The lowest BCUT2D eigenvalue weighted by atomic mass is 9.45. The highest BCUT2D eigenvalue weighted by molar-refractivity contribution is 5.92. The molecule has 0 aromatic heterocycles. The molecule has 3 nitrogen and oxygen atoms in total. The third-order valence-corrected chi connectivity index (χ3v) is 8.58. The molecule has 4 fully saturated rings. The molecule has 0 aromatic carbocycles. The van der Waals surface area contributed by atoms with Crippen molar-refractivity contribution in [1.82, 2.24) is 5.43 Å². The molecule has 0 saturated heterocycles. The Kier molecular flexibility index (Phi) is 3.81. The van der Waals surface area contributed by atoms with Gasteiger partial charge in [-0.1, -0.05) is 26.7 Å². The first-order valence-electron chi connectivity index (χ1n) is 9.86. The van der Waals surface area contributed by atoms with E-state index in [1.54, 1.807) is 0 Å². The summed E-state index contributed by atoms with van der Waals surface area (Å²) in [6, 6.07) is 0. The van der Waals surface area contributed by atoms with E-state index in [2.05, 4.69) is 24.4 Å². The summed E-state index contributed by atoms with van der Waals surface area (Å²) >= 11 is 0. The van der Waals surface area contributed by atoms with Crippen molar-refractivity contribution in [2.45, 2.75) is 78.1 Å².